The van der Waals surface area contributed by atoms with Crippen LogP contribution in [0, 0.1) is 0 Å². The van der Waals surface area contributed by atoms with Gasteiger partial charge in [-0.3, -0.25) is 9.59 Å². The van der Waals surface area contributed by atoms with Crippen LogP contribution in [-0.2, 0) is 14.3 Å². The number of hydrogen-bond donors (Lipinski definition) is 1. The Bertz CT molecular complexity index is 719. The predicted molar refractivity (Wildman–Crippen MR) is 181 cm³/mol. The number of hydrogen-bond acceptors (Lipinski definition) is 3. The van der Waals surface area contributed by atoms with Gasteiger partial charge in [0.2, 0.25) is 0 Å². The first-order valence-corrected chi connectivity index (χ1v) is 17.6. The molecule has 0 saturated heterocycles. The van der Waals surface area contributed by atoms with Crippen molar-refractivity contribution in [3.8, 4) is 0 Å². The van der Waals surface area contributed by atoms with Crippen LogP contribution in [0.4, 0.5) is 0 Å². The molecule has 0 fully saturated rings. The lowest BCUT2D eigenvalue weighted by atomic mass is 10.0. The van der Waals surface area contributed by atoms with Crippen LogP contribution in [0.25, 0.3) is 0 Å². The van der Waals surface area contributed by atoms with Crippen LogP contribution in [0.1, 0.15) is 174 Å². The number of carbonyl (C=O) groups excluding carboxylic acids is 1. The van der Waals surface area contributed by atoms with Gasteiger partial charge in [-0.25, -0.2) is 0 Å². The quantitative estimate of drug-likeness (QED) is 0.0498. The molecule has 0 aliphatic rings. The highest BCUT2D eigenvalue weighted by atomic mass is 16.5. The predicted octanol–water partition coefficient (Wildman–Crippen LogP) is 12.0. The van der Waals surface area contributed by atoms with Crippen molar-refractivity contribution in [2.24, 2.45) is 0 Å². The van der Waals surface area contributed by atoms with Crippen LogP contribution in [0.2, 0.25) is 0 Å². The largest absolute Gasteiger partial charge is 0.481 e. The Balaban J connectivity index is 3.44. The molecular formula is C38H66O4. The second-order valence-electron chi connectivity index (χ2n) is 11.8. The Hall–Kier alpha value is -2.10. The molecule has 0 aliphatic heterocycles. The molecule has 42 heavy (non-hydrogen) atoms. The lowest BCUT2D eigenvalue weighted by Gasteiger charge is -2.13. The summed E-state index contributed by atoms with van der Waals surface area (Å²) in [5, 5.41) is 8.64. The van der Waals surface area contributed by atoms with Gasteiger partial charge in [0.1, 0.15) is 0 Å². The fraction of sp³-hybridized carbons (Fsp3) is 0.737. The monoisotopic (exact) mass is 586 g/mol. The lowest BCUT2D eigenvalue weighted by Crippen LogP contribution is -2.14. The molecule has 0 bridgehead atoms. The Morgan fingerprint density at radius 2 is 0.952 bits per heavy atom. The summed E-state index contributed by atoms with van der Waals surface area (Å²) in [7, 11) is 0. The highest BCUT2D eigenvalue weighted by Crippen LogP contribution is 2.14. The fourth-order valence-electron chi connectivity index (χ4n) is 4.91. The summed E-state index contributed by atoms with van der Waals surface area (Å²) in [6, 6.07) is 0. The number of rotatable bonds is 31. The summed E-state index contributed by atoms with van der Waals surface area (Å²) in [5.41, 5.74) is 0. The highest BCUT2D eigenvalue weighted by molar-refractivity contribution is 5.69. The number of unbranched alkanes of at least 4 members (excludes halogenated alkanes) is 16. The molecule has 0 aromatic rings. The Morgan fingerprint density at radius 1 is 0.548 bits per heavy atom. The van der Waals surface area contributed by atoms with Crippen LogP contribution in [-0.4, -0.2) is 23.1 Å². The van der Waals surface area contributed by atoms with Crippen LogP contribution in [0.3, 0.4) is 0 Å². The summed E-state index contributed by atoms with van der Waals surface area (Å²) in [6.07, 6.45) is 45.3. The first-order chi connectivity index (χ1) is 20.6. The second-order valence-corrected chi connectivity index (χ2v) is 11.8. The van der Waals surface area contributed by atoms with E-state index in [-0.39, 0.29) is 12.1 Å². The van der Waals surface area contributed by atoms with E-state index in [0.717, 1.165) is 70.6 Å². The zero-order valence-corrected chi connectivity index (χ0v) is 27.5. The molecule has 0 spiro atoms. The van der Waals surface area contributed by atoms with E-state index < -0.39 is 5.97 Å². The van der Waals surface area contributed by atoms with Crippen molar-refractivity contribution in [1.82, 2.24) is 0 Å². The third-order valence-electron chi connectivity index (χ3n) is 7.54. The summed E-state index contributed by atoms with van der Waals surface area (Å²) in [6.45, 7) is 4.27. The fourth-order valence-corrected chi connectivity index (χ4v) is 4.91. The maximum Gasteiger partial charge on any atom is 0.306 e. The smallest absolute Gasteiger partial charge is 0.306 e. The molecule has 1 atom stereocenters. The molecule has 0 saturated carbocycles. The first-order valence-electron chi connectivity index (χ1n) is 17.6. The number of carbonyl (C=O) groups is 2. The summed E-state index contributed by atoms with van der Waals surface area (Å²) < 4.78 is 5.59. The number of carboxylic acid groups (broad SMARTS) is 1. The molecule has 1 unspecified atom stereocenters. The van der Waals surface area contributed by atoms with E-state index in [1.807, 2.05) is 6.92 Å². The summed E-state index contributed by atoms with van der Waals surface area (Å²) >= 11 is 0. The molecule has 0 aromatic carbocycles. The lowest BCUT2D eigenvalue weighted by molar-refractivity contribution is -0.148. The second kappa shape index (κ2) is 33.4. The topological polar surface area (TPSA) is 63.6 Å². The van der Waals surface area contributed by atoms with Gasteiger partial charge in [-0.2, -0.15) is 0 Å². The normalized spacial score (nSPS) is 12.8. The summed E-state index contributed by atoms with van der Waals surface area (Å²) in [5.74, 6) is -0.721. The van der Waals surface area contributed by atoms with Gasteiger partial charge in [-0.1, -0.05) is 133 Å². The maximum absolute atomic E-state index is 12.1. The minimum Gasteiger partial charge on any atom is -0.481 e. The van der Waals surface area contributed by atoms with Crippen molar-refractivity contribution >= 4 is 11.9 Å². The van der Waals surface area contributed by atoms with E-state index in [4.69, 9.17) is 9.84 Å². The Morgan fingerprint density at radius 3 is 1.45 bits per heavy atom. The molecule has 0 radical (unpaired) electrons. The van der Waals surface area contributed by atoms with E-state index in [0.29, 0.717) is 12.8 Å². The van der Waals surface area contributed by atoms with E-state index in [1.165, 1.54) is 77.0 Å². The maximum atomic E-state index is 12.1. The van der Waals surface area contributed by atoms with Gasteiger partial charge in [0, 0.05) is 12.8 Å². The van der Waals surface area contributed by atoms with Crippen molar-refractivity contribution in [3.63, 3.8) is 0 Å². The average molecular weight is 587 g/mol. The number of allylic oxidation sites excluding steroid dienone is 8. The number of carboxylic acids is 1. The minimum atomic E-state index is -0.685. The molecule has 0 aliphatic carbocycles. The number of esters is 1. The van der Waals surface area contributed by atoms with Gasteiger partial charge in [0.25, 0.3) is 0 Å². The van der Waals surface area contributed by atoms with Crippen molar-refractivity contribution in [2.75, 3.05) is 0 Å². The molecule has 4 heteroatoms. The van der Waals surface area contributed by atoms with Gasteiger partial charge in [0.15, 0.2) is 0 Å². The Labute approximate surface area is 260 Å². The molecule has 0 rings (SSSR count). The SMILES string of the molecule is CCCCC/C=C\C/C=C\C/C=C\C/C=C\CCCCCCCC(=O)OC(C)CCCCCCCCCCCC(=O)O. The van der Waals surface area contributed by atoms with Crippen molar-refractivity contribution in [1.29, 1.82) is 0 Å². The Kier molecular flexibility index (Phi) is 31.7. The standard InChI is InChI=1S/C38H66O4/c1-3-4-5-6-7-8-9-10-11-12-13-14-15-16-17-18-19-23-26-29-32-35-38(41)42-36(2)33-30-27-24-21-20-22-25-28-31-34-37(39)40/h7-8,10-11,13-14,16-17,36H,3-6,9,12,15,18-35H2,1-2H3,(H,39,40)/b8-7-,11-10-,14-13-,17-16-. The van der Waals surface area contributed by atoms with Crippen molar-refractivity contribution < 1.29 is 19.4 Å². The summed E-state index contributed by atoms with van der Waals surface area (Å²) in [4.78, 5) is 22.6. The van der Waals surface area contributed by atoms with Crippen LogP contribution in [0.5, 0.6) is 0 Å². The highest BCUT2D eigenvalue weighted by Gasteiger charge is 2.09. The molecule has 1 N–H and O–H groups in total. The number of aliphatic carboxylic acids is 1. The van der Waals surface area contributed by atoms with E-state index in [2.05, 4.69) is 55.5 Å². The zero-order chi connectivity index (χ0) is 30.8. The van der Waals surface area contributed by atoms with Gasteiger partial charge in [0.05, 0.1) is 6.10 Å². The first kappa shape index (κ1) is 39.9. The van der Waals surface area contributed by atoms with Crippen LogP contribution >= 0.6 is 0 Å². The molecule has 242 valence electrons. The molecule has 0 heterocycles. The minimum absolute atomic E-state index is 0.0252. The zero-order valence-electron chi connectivity index (χ0n) is 27.5. The van der Waals surface area contributed by atoms with E-state index in [9.17, 15) is 9.59 Å². The van der Waals surface area contributed by atoms with Crippen molar-refractivity contribution in [2.45, 2.75) is 180 Å². The van der Waals surface area contributed by atoms with Crippen molar-refractivity contribution in [3.05, 3.63) is 48.6 Å². The van der Waals surface area contributed by atoms with Gasteiger partial charge in [-0.05, 0) is 77.6 Å². The molecular weight excluding hydrogens is 520 g/mol. The van der Waals surface area contributed by atoms with Crippen LogP contribution < -0.4 is 0 Å². The third-order valence-corrected chi connectivity index (χ3v) is 7.54. The molecule has 4 nitrogen and oxygen atoms in total. The van der Waals surface area contributed by atoms with Gasteiger partial charge >= 0.3 is 11.9 Å². The molecule has 0 amide bonds. The van der Waals surface area contributed by atoms with Gasteiger partial charge in [-0.15, -0.1) is 0 Å². The van der Waals surface area contributed by atoms with E-state index >= 15 is 0 Å². The molecule has 0 aromatic heterocycles. The van der Waals surface area contributed by atoms with Gasteiger partial charge < -0.3 is 9.84 Å². The van der Waals surface area contributed by atoms with Crippen LogP contribution in [0.15, 0.2) is 48.6 Å². The third kappa shape index (κ3) is 34.1. The number of ether oxygens (including phenoxy) is 1. The van der Waals surface area contributed by atoms with E-state index in [1.54, 1.807) is 0 Å². The average Bonchev–Trinajstić information content (AvgIpc) is 2.96.